The fourth-order valence-electron chi connectivity index (χ4n) is 4.90. The number of aliphatic hydroxyl groups excluding tert-OH is 1. The Balaban J connectivity index is 1.92. The predicted molar refractivity (Wildman–Crippen MR) is 183 cm³/mol. The van der Waals surface area contributed by atoms with E-state index in [9.17, 15) is 40.7 Å². The van der Waals surface area contributed by atoms with E-state index in [1.54, 1.807) is 0 Å². The van der Waals surface area contributed by atoms with E-state index < -0.39 is 77.4 Å². The van der Waals surface area contributed by atoms with E-state index in [0.29, 0.717) is 0 Å². The molecule has 0 spiro atoms. The van der Waals surface area contributed by atoms with Gasteiger partial charge in [-0.15, -0.1) is 0 Å². The summed E-state index contributed by atoms with van der Waals surface area (Å²) in [5.41, 5.74) is -0.576. The van der Waals surface area contributed by atoms with Crippen LogP contribution in [0.15, 0.2) is 89.8 Å². The molecule has 0 radical (unpaired) electrons. The monoisotopic (exact) mass is 762 g/mol. The molecular formula is C36H30F4O10S2. The minimum Gasteiger partial charge on any atom is -0.465 e. The van der Waals surface area contributed by atoms with Crippen LogP contribution in [0, 0.1) is 23.3 Å². The Hall–Kier alpha value is -5.00. The van der Waals surface area contributed by atoms with Crippen LogP contribution in [0.5, 0.6) is 5.75 Å². The summed E-state index contributed by atoms with van der Waals surface area (Å²) in [5, 5.41) is 9.48. The van der Waals surface area contributed by atoms with Crippen molar-refractivity contribution in [3.05, 3.63) is 130 Å². The largest absolute Gasteiger partial charge is 0.465 e. The third-order valence-corrected chi connectivity index (χ3v) is 8.65. The molecule has 4 aromatic rings. The molecule has 0 bridgehead atoms. The molecule has 0 heterocycles. The van der Waals surface area contributed by atoms with Gasteiger partial charge < -0.3 is 23.5 Å². The van der Waals surface area contributed by atoms with Gasteiger partial charge in [0.05, 0.1) is 36.9 Å². The first-order chi connectivity index (χ1) is 24.9. The molecular weight excluding hydrogens is 733 g/mol. The molecule has 0 aliphatic heterocycles. The maximum Gasteiger partial charge on any atom is 0.339 e. The first-order valence-corrected chi connectivity index (χ1v) is 17.4. The van der Waals surface area contributed by atoms with E-state index >= 15 is 0 Å². The Morgan fingerprint density at radius 1 is 0.654 bits per heavy atom. The van der Waals surface area contributed by atoms with Crippen molar-refractivity contribution < 1.29 is 63.3 Å². The maximum absolute atomic E-state index is 14.6. The molecule has 0 saturated heterocycles. The van der Waals surface area contributed by atoms with Gasteiger partial charge in [-0.1, -0.05) is 36.4 Å². The topological polar surface area (TPSA) is 135 Å². The van der Waals surface area contributed by atoms with Gasteiger partial charge in [-0.2, -0.15) is 0 Å². The third-order valence-electron chi connectivity index (χ3n) is 7.26. The number of hydrogen-bond acceptors (Lipinski definition) is 10. The van der Waals surface area contributed by atoms with E-state index in [2.05, 4.69) is 0 Å². The van der Waals surface area contributed by atoms with Crippen molar-refractivity contribution in [1.29, 1.82) is 0 Å². The number of carbonyl (C=O) groups excluding carboxylic acids is 2. The van der Waals surface area contributed by atoms with Gasteiger partial charge in [0.1, 0.15) is 19.1 Å². The number of ether oxygens (including phenoxy) is 3. The highest BCUT2D eigenvalue weighted by Crippen LogP contribution is 2.33. The molecule has 274 valence electrons. The van der Waals surface area contributed by atoms with Gasteiger partial charge in [-0.05, 0) is 70.8 Å². The van der Waals surface area contributed by atoms with E-state index in [0.717, 1.165) is 43.5 Å². The van der Waals surface area contributed by atoms with Crippen LogP contribution in [-0.2, 0) is 50.1 Å². The van der Waals surface area contributed by atoms with Gasteiger partial charge in [0.15, 0.2) is 34.3 Å². The molecule has 0 aliphatic rings. The van der Waals surface area contributed by atoms with E-state index in [-0.39, 0.29) is 55.2 Å². The fraction of sp³-hybridized carbons (Fsp3) is 0.167. The van der Waals surface area contributed by atoms with Crippen LogP contribution < -0.4 is 4.18 Å². The first kappa shape index (κ1) is 39.8. The van der Waals surface area contributed by atoms with Crippen LogP contribution in [0.4, 0.5) is 17.6 Å². The van der Waals surface area contributed by atoms with Gasteiger partial charge in [-0.25, -0.2) is 35.6 Å². The smallest absolute Gasteiger partial charge is 0.339 e. The molecule has 10 nitrogen and oxygen atoms in total. The zero-order chi connectivity index (χ0) is 37.9. The number of aliphatic hydroxyl groups is 1. The Labute approximate surface area is 300 Å². The Morgan fingerprint density at radius 3 is 1.60 bits per heavy atom. The summed E-state index contributed by atoms with van der Waals surface area (Å²) in [6, 6.07) is 16.7. The molecule has 0 fully saturated rings. The normalized spacial score (nSPS) is 13.4. The molecule has 0 aliphatic carbocycles. The van der Waals surface area contributed by atoms with Crippen LogP contribution in [0.25, 0.3) is 22.3 Å². The number of rotatable bonds is 15. The lowest BCUT2D eigenvalue weighted by atomic mass is 9.94. The summed E-state index contributed by atoms with van der Waals surface area (Å²) in [7, 11) is 2.27. The van der Waals surface area contributed by atoms with Crippen molar-refractivity contribution in [3.8, 4) is 5.75 Å². The molecule has 4 aromatic carbocycles. The molecule has 2 unspecified atom stereocenters. The van der Waals surface area contributed by atoms with Crippen LogP contribution in [-0.4, -0.2) is 65.9 Å². The second-order valence-electron chi connectivity index (χ2n) is 10.4. The molecule has 0 aromatic heterocycles. The Morgan fingerprint density at radius 2 is 1.13 bits per heavy atom. The van der Waals surface area contributed by atoms with Gasteiger partial charge in [-0.3, -0.25) is 4.18 Å². The zero-order valence-corrected chi connectivity index (χ0v) is 29.3. The summed E-state index contributed by atoms with van der Waals surface area (Å²) in [6.07, 6.45) is 1.31. The van der Waals surface area contributed by atoms with Gasteiger partial charge >= 0.3 is 11.9 Å². The van der Waals surface area contributed by atoms with Gasteiger partial charge in [0.25, 0.3) is 0 Å². The highest BCUT2D eigenvalue weighted by atomic mass is 32.2. The van der Waals surface area contributed by atoms with Crippen molar-refractivity contribution in [2.24, 2.45) is 0 Å². The summed E-state index contributed by atoms with van der Waals surface area (Å²) in [4.78, 5) is 27.7. The molecule has 1 N–H and O–H groups in total. The fourth-order valence-corrected chi connectivity index (χ4v) is 5.84. The summed E-state index contributed by atoms with van der Waals surface area (Å²) in [6.45, 7) is -2.00. The highest BCUT2D eigenvalue weighted by molar-refractivity contribution is 7.80. The molecule has 52 heavy (non-hydrogen) atoms. The van der Waals surface area contributed by atoms with E-state index in [1.807, 2.05) is 0 Å². The van der Waals surface area contributed by atoms with E-state index in [4.69, 9.17) is 22.6 Å². The van der Waals surface area contributed by atoms with Crippen molar-refractivity contribution >= 4 is 56.4 Å². The third kappa shape index (κ3) is 9.86. The highest BCUT2D eigenvalue weighted by Gasteiger charge is 2.26. The second-order valence-corrected chi connectivity index (χ2v) is 12.7. The SMILES string of the molecule is COC(=O)C(=C(COC(=O)C(=C(COCO)c1ccc(OS(C)=O)cc1)c1ccc(F)c(F)c1)c1ccc(S(=O)OC)cc1)c1ccc(F)c(F)c1. The van der Waals surface area contributed by atoms with Crippen LogP contribution in [0.3, 0.4) is 0 Å². The van der Waals surface area contributed by atoms with Crippen LogP contribution in [0.1, 0.15) is 22.3 Å². The Kier molecular flexibility index (Phi) is 14.1. The molecule has 0 saturated carbocycles. The van der Waals surface area contributed by atoms with Crippen molar-refractivity contribution in [2.45, 2.75) is 4.90 Å². The number of esters is 2. The number of benzene rings is 4. The first-order valence-electron chi connectivity index (χ1n) is 14.9. The average Bonchev–Trinajstić information content (AvgIpc) is 3.13. The summed E-state index contributed by atoms with van der Waals surface area (Å²) >= 11 is -3.51. The number of halogens is 4. The average molecular weight is 763 g/mol. The lowest BCUT2D eigenvalue weighted by Gasteiger charge is -2.19. The zero-order valence-electron chi connectivity index (χ0n) is 27.7. The second kappa shape index (κ2) is 18.5. The molecule has 16 heteroatoms. The predicted octanol–water partition coefficient (Wildman–Crippen LogP) is 5.79. The van der Waals surface area contributed by atoms with E-state index in [1.165, 1.54) is 61.9 Å². The Bertz CT molecular complexity index is 2050. The summed E-state index contributed by atoms with van der Waals surface area (Å²) in [5.74, 6) is -6.98. The van der Waals surface area contributed by atoms with Crippen molar-refractivity contribution in [1.82, 2.24) is 0 Å². The molecule has 0 amide bonds. The number of carbonyl (C=O) groups is 2. The lowest BCUT2D eigenvalue weighted by Crippen LogP contribution is -2.16. The summed E-state index contributed by atoms with van der Waals surface area (Å²) < 4.78 is 107. The number of hydrogen-bond donors (Lipinski definition) is 1. The maximum atomic E-state index is 14.6. The van der Waals surface area contributed by atoms with Crippen molar-refractivity contribution in [2.75, 3.05) is 40.5 Å². The van der Waals surface area contributed by atoms with Gasteiger partial charge in [0, 0.05) is 17.4 Å². The molecule has 4 rings (SSSR count). The minimum absolute atomic E-state index is 0.0277. The quantitative estimate of drug-likeness (QED) is 0.0522. The van der Waals surface area contributed by atoms with Crippen LogP contribution >= 0.6 is 0 Å². The van der Waals surface area contributed by atoms with Crippen LogP contribution in [0.2, 0.25) is 0 Å². The molecule has 2 atom stereocenters. The van der Waals surface area contributed by atoms with Crippen molar-refractivity contribution in [3.63, 3.8) is 0 Å². The lowest BCUT2D eigenvalue weighted by molar-refractivity contribution is -0.136. The minimum atomic E-state index is -1.85. The van der Waals surface area contributed by atoms with Gasteiger partial charge in [0.2, 0.25) is 11.1 Å². The standard InChI is InChI=1S/C36H30F4O10S2/c1-46-35(42)33(23-8-14-29(37)31(39)16-23)28(22-6-12-26(13-7-22)52(45)47-2)19-49-36(43)34(24-9-15-30(38)32(40)17-24)27(18-48-20-41)21-4-10-25(11-5-21)50-51(3)44/h4-17,41H,18-20H2,1-3H3. The number of methoxy groups -OCH3 is 1.